The number of amides is 3. The lowest BCUT2D eigenvalue weighted by atomic mass is 9.90. The van der Waals surface area contributed by atoms with Gasteiger partial charge in [-0.25, -0.2) is 14.8 Å². The van der Waals surface area contributed by atoms with Gasteiger partial charge in [-0.15, -0.1) is 0 Å². The van der Waals surface area contributed by atoms with Crippen LogP contribution < -0.4 is 38.7 Å². The molecule has 0 aliphatic rings. The molecule has 24 nitrogen and oxygen atoms in total. The number of ketones is 3. The van der Waals surface area contributed by atoms with Gasteiger partial charge in [-0.3, -0.25) is 53.1 Å². The molecule has 0 saturated carbocycles. The minimum Gasteiger partial charge on any atom is -0.481 e. The van der Waals surface area contributed by atoms with E-state index >= 15 is 0 Å². The number of fused-ring (bicyclic) bond motifs is 1. The molecule has 0 unspecified atom stereocenters. The van der Waals surface area contributed by atoms with Crippen LogP contribution >= 0.6 is 12.6 Å². The number of aliphatic imine (C=N–C) groups is 1. The number of carbonyl (C=O) groups is 9. The van der Waals surface area contributed by atoms with Gasteiger partial charge in [-0.05, 0) is 50.0 Å². The average Bonchev–Trinajstić information content (AvgIpc) is 3.28. The highest BCUT2D eigenvalue weighted by Gasteiger charge is 2.34. The number of hydrogen-bond donors (Lipinski definition) is 11. The molecule has 1 aromatic carbocycles. The number of guanidine groups is 1. The summed E-state index contributed by atoms with van der Waals surface area (Å²) in [4.78, 5) is 146. The van der Waals surface area contributed by atoms with Crippen molar-refractivity contribution in [3.63, 3.8) is 0 Å². The number of nitrogens with two attached hydrogens (primary N) is 3. The molecular weight excluding hydrogens is 923 g/mol. The molecule has 3 aromatic rings. The molecule has 25 heteroatoms. The van der Waals surface area contributed by atoms with Gasteiger partial charge in [0.15, 0.2) is 34.5 Å². The Morgan fingerprint density at radius 2 is 1.38 bits per heavy atom. The molecule has 0 radical (unpaired) electrons. The third-order valence-corrected chi connectivity index (χ3v) is 11.3. The Kier molecular flexibility index (Phi) is 22.3. The van der Waals surface area contributed by atoms with Crippen molar-refractivity contribution in [1.29, 1.82) is 0 Å². The predicted octanol–water partition coefficient (Wildman–Crippen LogP) is 0.102. The maximum Gasteiger partial charge on any atom is 0.327 e. The number of aromatic amines is 1. The van der Waals surface area contributed by atoms with Crippen molar-refractivity contribution in [2.45, 2.75) is 109 Å². The molecule has 0 spiro atoms. The van der Waals surface area contributed by atoms with Gasteiger partial charge in [0, 0.05) is 55.4 Å². The number of thiol groups is 1. The summed E-state index contributed by atoms with van der Waals surface area (Å²) in [7, 11) is 0. The molecule has 0 bridgehead atoms. The van der Waals surface area contributed by atoms with Crippen LogP contribution in [0.25, 0.3) is 11.2 Å². The van der Waals surface area contributed by atoms with E-state index in [4.69, 9.17) is 17.2 Å². The number of carbonyl (C=O) groups excluding carboxylic acids is 6. The third kappa shape index (κ3) is 19.1. The molecule has 0 aliphatic carbocycles. The molecule has 3 amide bonds. The minimum absolute atomic E-state index is 0.000917. The van der Waals surface area contributed by atoms with Gasteiger partial charge in [0.05, 0.1) is 36.8 Å². The van der Waals surface area contributed by atoms with Gasteiger partial charge >= 0.3 is 17.9 Å². The Hall–Kier alpha value is -7.31. The van der Waals surface area contributed by atoms with E-state index in [-0.39, 0.29) is 85.6 Å². The lowest BCUT2D eigenvalue weighted by Crippen LogP contribution is -2.49. The second kappa shape index (κ2) is 27.5. The van der Waals surface area contributed by atoms with E-state index < -0.39 is 108 Å². The topological polar surface area (TPSA) is 412 Å². The third-order valence-electron chi connectivity index (χ3n) is 10.9. The van der Waals surface area contributed by atoms with Crippen molar-refractivity contribution in [3.05, 3.63) is 57.6 Å². The maximum absolute atomic E-state index is 13.7. The van der Waals surface area contributed by atoms with Gasteiger partial charge in [0.1, 0.15) is 6.04 Å². The summed E-state index contributed by atoms with van der Waals surface area (Å²) in [5.41, 5.74) is 18.0. The lowest BCUT2D eigenvalue weighted by molar-refractivity contribution is -0.143. The number of aromatic nitrogens is 4. The number of H-pyrrole nitrogens is 1. The van der Waals surface area contributed by atoms with E-state index in [1.807, 2.05) is 0 Å². The largest absolute Gasteiger partial charge is 0.481 e. The van der Waals surface area contributed by atoms with E-state index in [0.29, 0.717) is 24.1 Å². The highest BCUT2D eigenvalue weighted by Crippen LogP contribution is 2.20. The zero-order valence-electron chi connectivity index (χ0n) is 38.1. The van der Waals surface area contributed by atoms with E-state index in [9.17, 15) is 63.3 Å². The molecule has 2 heterocycles. The first-order chi connectivity index (χ1) is 32.6. The number of Topliss-reactive ketones (excluding diaryl/α,β-unsaturated/α-hetero) is 3. The number of carboxylic acids is 3. The van der Waals surface area contributed by atoms with Crippen molar-refractivity contribution in [2.24, 2.45) is 34.2 Å². The SMILES string of the molecule is CC[C@H](CC(=O)[C@H](CC(=O)O)NC(=O)[C@H](CCCN=C(N)N)CC(=O)[C@@H](CC(=O)O)NC(=O)CC[C@H](C)CC(=O)c1ccc(CCc2cnc3nc(N)[nH]c(=O)c3n2)cc1)C(=O)N[C@@H](CS)C(=O)O. The zero-order valence-corrected chi connectivity index (χ0v) is 39.0. The first kappa shape index (κ1) is 56.0. The number of aliphatic carboxylic acids is 3. The van der Waals surface area contributed by atoms with Crippen LogP contribution in [0.5, 0.6) is 0 Å². The van der Waals surface area contributed by atoms with Gasteiger partial charge < -0.3 is 48.5 Å². The standard InChI is InChI=1S/C44H59N11O13S/c1-3-24(39(64)53-30(21-69)42(67)68)16-32(57)29(19-36(62)63)52-40(65)26(5-4-14-48-43(45)46)17-33(58)28(18-35(60)61)51-34(59)13-6-22(2)15-31(56)25-10-7-23(8-11-25)9-12-27-20-49-38-37(50-27)41(66)55-44(47)54-38/h7-8,10-11,20,22,24,26,28-30,69H,3-6,9,12-19,21H2,1-2H3,(H,51,59)(H,52,65)(H,53,64)(H,60,61)(H,62,63)(H,67,68)(H4,45,46,48)(H3,47,49,54,55,66)/t22-,24+,26+,28+,29-,30-/m0/s1. The normalized spacial score (nSPS) is 13.7. The Balaban J connectivity index is 1.63. The Bertz CT molecular complexity index is 2440. The quantitative estimate of drug-likeness (QED) is 0.0134. The first-order valence-corrected chi connectivity index (χ1v) is 22.6. The maximum atomic E-state index is 13.7. The molecule has 0 saturated heterocycles. The zero-order chi connectivity index (χ0) is 51.4. The Morgan fingerprint density at radius 1 is 0.783 bits per heavy atom. The fourth-order valence-electron chi connectivity index (χ4n) is 7.07. The van der Waals surface area contributed by atoms with Crippen LogP contribution in [0.2, 0.25) is 0 Å². The number of nitrogens with one attached hydrogen (secondary N) is 4. The van der Waals surface area contributed by atoms with Crippen molar-refractivity contribution < 1.29 is 58.5 Å². The van der Waals surface area contributed by atoms with Crippen molar-refractivity contribution in [3.8, 4) is 0 Å². The molecule has 6 atom stereocenters. The van der Waals surface area contributed by atoms with Crippen LogP contribution in [0.4, 0.5) is 5.95 Å². The van der Waals surface area contributed by atoms with Crippen LogP contribution in [0, 0.1) is 17.8 Å². The number of hydrogen-bond acceptors (Lipinski definition) is 16. The van der Waals surface area contributed by atoms with Crippen LogP contribution in [0.3, 0.4) is 0 Å². The van der Waals surface area contributed by atoms with Gasteiger partial charge in [0.25, 0.3) is 5.56 Å². The molecule has 69 heavy (non-hydrogen) atoms. The van der Waals surface area contributed by atoms with Crippen LogP contribution in [0.1, 0.15) is 99.7 Å². The van der Waals surface area contributed by atoms with Crippen LogP contribution in [0.15, 0.2) is 40.2 Å². The number of nitrogens with zero attached hydrogens (tertiary/aromatic N) is 4. The summed E-state index contributed by atoms with van der Waals surface area (Å²) in [5, 5.41) is 35.6. The van der Waals surface area contributed by atoms with E-state index in [2.05, 4.69) is 53.5 Å². The summed E-state index contributed by atoms with van der Waals surface area (Å²) in [6.07, 6.45) is -0.390. The number of aryl methyl sites for hydroxylation is 2. The number of benzene rings is 1. The van der Waals surface area contributed by atoms with Crippen LogP contribution in [-0.2, 0) is 51.2 Å². The highest BCUT2D eigenvalue weighted by molar-refractivity contribution is 7.80. The average molecular weight is 982 g/mol. The lowest BCUT2D eigenvalue weighted by Gasteiger charge is -2.24. The summed E-state index contributed by atoms with van der Waals surface area (Å²) in [6.45, 7) is 3.30. The number of carboxylic acid groups (broad SMARTS) is 3. The second-order valence-electron chi connectivity index (χ2n) is 16.5. The smallest absolute Gasteiger partial charge is 0.327 e. The Labute approximate surface area is 400 Å². The first-order valence-electron chi connectivity index (χ1n) is 22.0. The minimum atomic E-state index is -1.69. The van der Waals surface area contributed by atoms with Gasteiger partial charge in [-0.2, -0.15) is 17.6 Å². The van der Waals surface area contributed by atoms with Crippen LogP contribution in [-0.4, -0.2) is 125 Å². The van der Waals surface area contributed by atoms with E-state index in [1.165, 1.54) is 6.20 Å². The number of anilines is 1. The number of rotatable bonds is 31. The number of nitrogen functional groups attached to an aromatic ring is 1. The van der Waals surface area contributed by atoms with E-state index in [1.54, 1.807) is 38.1 Å². The summed E-state index contributed by atoms with van der Waals surface area (Å²) < 4.78 is 0. The van der Waals surface area contributed by atoms with Gasteiger partial charge in [-0.1, -0.05) is 38.1 Å². The molecule has 13 N–H and O–H groups in total. The summed E-state index contributed by atoms with van der Waals surface area (Å²) >= 11 is 3.90. The monoisotopic (exact) mass is 981 g/mol. The summed E-state index contributed by atoms with van der Waals surface area (Å²) in [5.74, 6) is -12.0. The van der Waals surface area contributed by atoms with Crippen molar-refractivity contribution in [1.82, 2.24) is 35.9 Å². The molecule has 3 rings (SSSR count). The molecule has 0 aliphatic heterocycles. The molecule has 374 valence electrons. The Morgan fingerprint density at radius 3 is 1.96 bits per heavy atom. The predicted molar refractivity (Wildman–Crippen MR) is 252 cm³/mol. The molecular formula is C44H59N11O13S. The van der Waals surface area contributed by atoms with Crippen molar-refractivity contribution in [2.75, 3.05) is 18.0 Å². The van der Waals surface area contributed by atoms with E-state index in [0.717, 1.165) is 5.56 Å². The van der Waals surface area contributed by atoms with Gasteiger partial charge in [0.2, 0.25) is 23.7 Å². The molecule has 0 fully saturated rings. The molecule has 2 aromatic heterocycles. The van der Waals surface area contributed by atoms with Crippen molar-refractivity contribution >= 4 is 88.7 Å². The highest BCUT2D eigenvalue weighted by atomic mass is 32.1. The summed E-state index contributed by atoms with van der Waals surface area (Å²) in [6, 6.07) is 2.28. The fraction of sp³-hybridized carbons (Fsp3) is 0.500. The second-order valence-corrected chi connectivity index (χ2v) is 16.9. The fourth-order valence-corrected chi connectivity index (χ4v) is 7.32.